The number of amides is 1. The molecule has 3 rings (SSSR count). The van der Waals surface area contributed by atoms with Gasteiger partial charge in [0.1, 0.15) is 5.60 Å². The number of rotatable bonds is 1. The van der Waals surface area contributed by atoms with Gasteiger partial charge in [-0.05, 0) is 27.7 Å². The van der Waals surface area contributed by atoms with Crippen LogP contribution in [0.1, 0.15) is 38.2 Å². The second-order valence-corrected chi connectivity index (χ2v) is 7.40. The van der Waals surface area contributed by atoms with E-state index in [2.05, 4.69) is 14.7 Å². The monoisotopic (exact) mass is 322 g/mol. The van der Waals surface area contributed by atoms with Crippen LogP contribution in [0.3, 0.4) is 0 Å². The standard InChI is InChI=1S/C15H22N4O2S/c1-10-12(19-7-8-22-13(19)17-10)11-9-16-5-6-18(11)14(20)21-15(2,3)4/h7-8,11,16H,5-6,9H2,1-4H3. The summed E-state index contributed by atoms with van der Waals surface area (Å²) < 4.78 is 7.65. The van der Waals surface area contributed by atoms with Crippen molar-refractivity contribution in [1.29, 1.82) is 0 Å². The molecule has 1 aliphatic rings. The van der Waals surface area contributed by atoms with Gasteiger partial charge in [-0.3, -0.25) is 9.30 Å². The van der Waals surface area contributed by atoms with Gasteiger partial charge < -0.3 is 10.1 Å². The number of nitrogens with one attached hydrogen (secondary N) is 1. The Morgan fingerprint density at radius 3 is 3.00 bits per heavy atom. The zero-order chi connectivity index (χ0) is 15.9. The molecule has 1 fully saturated rings. The second-order valence-electron chi connectivity index (χ2n) is 6.53. The molecule has 1 N–H and O–H groups in total. The Labute approximate surface area is 134 Å². The lowest BCUT2D eigenvalue weighted by molar-refractivity contribution is 0.0112. The van der Waals surface area contributed by atoms with Gasteiger partial charge in [0, 0.05) is 31.2 Å². The Hall–Kier alpha value is -1.60. The molecule has 1 atom stereocenters. The third-order valence-corrected chi connectivity index (χ3v) is 4.43. The summed E-state index contributed by atoms with van der Waals surface area (Å²) in [6.07, 6.45) is 1.75. The number of hydrogen-bond acceptors (Lipinski definition) is 5. The molecular weight excluding hydrogens is 300 g/mol. The number of nitrogens with zero attached hydrogens (tertiary/aromatic N) is 3. The molecule has 1 amide bonds. The largest absolute Gasteiger partial charge is 0.444 e. The highest BCUT2D eigenvalue weighted by Crippen LogP contribution is 2.29. The van der Waals surface area contributed by atoms with E-state index in [1.807, 2.05) is 44.2 Å². The number of fused-ring (bicyclic) bond motifs is 1. The molecule has 2 aromatic rings. The first kappa shape index (κ1) is 15.3. The van der Waals surface area contributed by atoms with E-state index in [9.17, 15) is 4.79 Å². The molecule has 6 nitrogen and oxygen atoms in total. The Morgan fingerprint density at radius 2 is 2.27 bits per heavy atom. The smallest absolute Gasteiger partial charge is 0.410 e. The summed E-state index contributed by atoms with van der Waals surface area (Å²) >= 11 is 1.60. The van der Waals surface area contributed by atoms with Crippen LogP contribution >= 0.6 is 11.3 Å². The number of piperazine rings is 1. The number of ether oxygens (including phenoxy) is 1. The van der Waals surface area contributed by atoms with Crippen LogP contribution in [-0.2, 0) is 4.74 Å². The van der Waals surface area contributed by atoms with Gasteiger partial charge in [0.05, 0.1) is 17.4 Å². The Kier molecular flexibility index (Phi) is 3.86. The molecule has 0 spiro atoms. The molecule has 0 aromatic carbocycles. The molecule has 3 heterocycles. The van der Waals surface area contributed by atoms with Crippen LogP contribution in [0.15, 0.2) is 11.6 Å². The van der Waals surface area contributed by atoms with Crippen LogP contribution in [0.25, 0.3) is 4.96 Å². The summed E-state index contributed by atoms with van der Waals surface area (Å²) in [6, 6.07) is -0.0619. The molecule has 0 radical (unpaired) electrons. The van der Waals surface area contributed by atoms with Crippen molar-refractivity contribution >= 4 is 22.4 Å². The molecule has 7 heteroatoms. The van der Waals surface area contributed by atoms with Gasteiger partial charge in [0.15, 0.2) is 4.96 Å². The highest BCUT2D eigenvalue weighted by molar-refractivity contribution is 7.15. The highest BCUT2D eigenvalue weighted by atomic mass is 32.1. The summed E-state index contributed by atoms with van der Waals surface area (Å²) in [7, 11) is 0. The van der Waals surface area contributed by atoms with Crippen molar-refractivity contribution in [2.45, 2.75) is 39.3 Å². The van der Waals surface area contributed by atoms with E-state index in [0.29, 0.717) is 13.1 Å². The number of aromatic nitrogens is 2. The fourth-order valence-corrected chi connectivity index (χ4v) is 3.57. The third-order valence-electron chi connectivity index (χ3n) is 3.67. The van der Waals surface area contributed by atoms with E-state index in [-0.39, 0.29) is 12.1 Å². The maximum absolute atomic E-state index is 12.6. The lowest BCUT2D eigenvalue weighted by Gasteiger charge is -2.37. The van der Waals surface area contributed by atoms with Crippen LogP contribution < -0.4 is 5.32 Å². The van der Waals surface area contributed by atoms with E-state index in [1.165, 1.54) is 0 Å². The second kappa shape index (κ2) is 5.55. The maximum Gasteiger partial charge on any atom is 0.410 e. The molecule has 120 valence electrons. The summed E-state index contributed by atoms with van der Waals surface area (Å²) in [5.74, 6) is 0. The zero-order valence-corrected chi connectivity index (χ0v) is 14.2. The summed E-state index contributed by atoms with van der Waals surface area (Å²) in [4.78, 5) is 19.9. The first-order chi connectivity index (χ1) is 10.4. The van der Waals surface area contributed by atoms with Crippen molar-refractivity contribution in [2.75, 3.05) is 19.6 Å². The first-order valence-corrected chi connectivity index (χ1v) is 8.37. The minimum Gasteiger partial charge on any atom is -0.444 e. The molecule has 0 bridgehead atoms. The highest BCUT2D eigenvalue weighted by Gasteiger charge is 2.34. The fourth-order valence-electron chi connectivity index (χ4n) is 2.80. The van der Waals surface area contributed by atoms with Crippen molar-refractivity contribution in [1.82, 2.24) is 19.6 Å². The van der Waals surface area contributed by atoms with Crippen molar-refractivity contribution in [3.05, 3.63) is 23.0 Å². The number of thiazole rings is 1. The van der Waals surface area contributed by atoms with Crippen LogP contribution in [-0.4, -0.2) is 45.6 Å². The average Bonchev–Trinajstić information content (AvgIpc) is 2.96. The normalized spacial score (nSPS) is 19.6. The Morgan fingerprint density at radius 1 is 1.50 bits per heavy atom. The summed E-state index contributed by atoms with van der Waals surface area (Å²) in [5, 5.41) is 5.38. The van der Waals surface area contributed by atoms with Gasteiger partial charge >= 0.3 is 6.09 Å². The minimum absolute atomic E-state index is 0.0619. The van der Waals surface area contributed by atoms with E-state index < -0.39 is 5.60 Å². The van der Waals surface area contributed by atoms with E-state index in [0.717, 1.165) is 22.9 Å². The minimum atomic E-state index is -0.489. The first-order valence-electron chi connectivity index (χ1n) is 7.49. The Balaban J connectivity index is 1.94. The molecule has 1 saturated heterocycles. The summed E-state index contributed by atoms with van der Waals surface area (Å²) in [6.45, 7) is 9.80. The lowest BCUT2D eigenvalue weighted by Crippen LogP contribution is -2.50. The number of aryl methyl sites for hydroxylation is 1. The molecule has 2 aromatic heterocycles. The molecule has 0 saturated carbocycles. The van der Waals surface area contributed by atoms with E-state index >= 15 is 0 Å². The number of imidazole rings is 1. The predicted molar refractivity (Wildman–Crippen MR) is 86.4 cm³/mol. The molecule has 1 unspecified atom stereocenters. The number of carbonyl (C=O) groups is 1. The quantitative estimate of drug-likeness (QED) is 0.877. The predicted octanol–water partition coefficient (Wildman–Crippen LogP) is 2.59. The van der Waals surface area contributed by atoms with Gasteiger partial charge in [-0.2, -0.15) is 0 Å². The van der Waals surface area contributed by atoms with Crippen molar-refractivity contribution in [2.24, 2.45) is 0 Å². The molecule has 1 aliphatic heterocycles. The third kappa shape index (κ3) is 2.83. The van der Waals surface area contributed by atoms with Gasteiger partial charge in [-0.15, -0.1) is 11.3 Å². The number of hydrogen-bond donors (Lipinski definition) is 1. The van der Waals surface area contributed by atoms with Crippen molar-refractivity contribution in [3.63, 3.8) is 0 Å². The number of carbonyl (C=O) groups excluding carboxylic acids is 1. The van der Waals surface area contributed by atoms with Crippen molar-refractivity contribution < 1.29 is 9.53 Å². The maximum atomic E-state index is 12.6. The van der Waals surface area contributed by atoms with Gasteiger partial charge in [0.25, 0.3) is 0 Å². The molecule has 0 aliphatic carbocycles. The lowest BCUT2D eigenvalue weighted by atomic mass is 10.1. The fraction of sp³-hybridized carbons (Fsp3) is 0.600. The molecular formula is C15H22N4O2S. The molecule has 22 heavy (non-hydrogen) atoms. The Bertz CT molecular complexity index is 685. The zero-order valence-electron chi connectivity index (χ0n) is 13.4. The van der Waals surface area contributed by atoms with Crippen molar-refractivity contribution in [3.8, 4) is 0 Å². The van der Waals surface area contributed by atoms with Gasteiger partial charge in [-0.25, -0.2) is 9.78 Å². The van der Waals surface area contributed by atoms with Crippen LogP contribution in [0.2, 0.25) is 0 Å². The summed E-state index contributed by atoms with van der Waals surface area (Å²) in [5.41, 5.74) is 1.54. The topological polar surface area (TPSA) is 58.9 Å². The van der Waals surface area contributed by atoms with Crippen LogP contribution in [0.4, 0.5) is 4.79 Å². The van der Waals surface area contributed by atoms with Crippen LogP contribution in [0, 0.1) is 6.92 Å². The van der Waals surface area contributed by atoms with E-state index in [4.69, 9.17) is 4.74 Å². The van der Waals surface area contributed by atoms with E-state index in [1.54, 1.807) is 11.3 Å². The van der Waals surface area contributed by atoms with Gasteiger partial charge in [-0.1, -0.05) is 0 Å². The van der Waals surface area contributed by atoms with Crippen LogP contribution in [0.5, 0.6) is 0 Å². The van der Waals surface area contributed by atoms with Gasteiger partial charge in [0.2, 0.25) is 0 Å². The average molecular weight is 322 g/mol. The SMILES string of the molecule is Cc1nc2sccn2c1C1CNCCN1C(=O)OC(C)(C)C.